The molecular formula is C12H21N. The van der Waals surface area contributed by atoms with E-state index in [-0.39, 0.29) is 5.54 Å². The summed E-state index contributed by atoms with van der Waals surface area (Å²) in [6.45, 7) is 8.06. The smallest absolute Gasteiger partial charge is 0.00686 e. The van der Waals surface area contributed by atoms with E-state index >= 15 is 0 Å². The fourth-order valence-electron chi connectivity index (χ4n) is 0.714. The Bertz CT molecular complexity index is 202. The summed E-state index contributed by atoms with van der Waals surface area (Å²) in [5.41, 5.74) is 6.76. The molecule has 0 bridgehead atoms. The van der Waals surface area contributed by atoms with Crippen molar-refractivity contribution in [2.45, 2.75) is 39.7 Å². The maximum Gasteiger partial charge on any atom is 0.00686 e. The first kappa shape index (κ1) is 12.2. The van der Waals surface area contributed by atoms with Crippen LogP contribution < -0.4 is 5.73 Å². The van der Waals surface area contributed by atoms with E-state index in [1.807, 2.05) is 26.8 Å². The van der Waals surface area contributed by atoms with Crippen LogP contribution in [0.4, 0.5) is 0 Å². The van der Waals surface area contributed by atoms with Crippen molar-refractivity contribution in [1.29, 1.82) is 0 Å². The maximum atomic E-state index is 5.35. The molecule has 1 aromatic rings. The summed E-state index contributed by atoms with van der Waals surface area (Å²) in [5, 5.41) is 0. The Kier molecular flexibility index (Phi) is 5.40. The van der Waals surface area contributed by atoms with Gasteiger partial charge in [-0.3, -0.25) is 0 Å². The fourth-order valence-corrected chi connectivity index (χ4v) is 0.714. The van der Waals surface area contributed by atoms with Gasteiger partial charge >= 0.3 is 0 Å². The summed E-state index contributed by atoms with van der Waals surface area (Å²) in [7, 11) is 0. The SMILES string of the molecule is CC(C)(C)N.CCc1ccccc1. The number of benzene rings is 1. The first-order valence-corrected chi connectivity index (χ1v) is 4.76. The highest BCUT2D eigenvalue weighted by Crippen LogP contribution is 1.96. The Morgan fingerprint density at radius 3 is 1.69 bits per heavy atom. The molecule has 0 atom stereocenters. The van der Waals surface area contributed by atoms with Crippen molar-refractivity contribution in [3.8, 4) is 0 Å². The van der Waals surface area contributed by atoms with E-state index in [1.54, 1.807) is 0 Å². The van der Waals surface area contributed by atoms with E-state index < -0.39 is 0 Å². The molecule has 1 nitrogen and oxygen atoms in total. The lowest BCUT2D eigenvalue weighted by atomic mass is 10.1. The number of hydrogen-bond donors (Lipinski definition) is 1. The molecule has 13 heavy (non-hydrogen) atoms. The molecule has 2 N–H and O–H groups in total. The lowest BCUT2D eigenvalue weighted by Gasteiger charge is -2.06. The van der Waals surface area contributed by atoms with Gasteiger partial charge < -0.3 is 5.73 Å². The number of hydrogen-bond acceptors (Lipinski definition) is 1. The van der Waals surface area contributed by atoms with E-state index in [0.29, 0.717) is 0 Å². The topological polar surface area (TPSA) is 26.0 Å². The standard InChI is InChI=1S/C8H10.C4H11N/c1-2-8-6-4-3-5-7-8;1-4(2,3)5/h3-7H,2H2,1H3;5H2,1-3H3. The van der Waals surface area contributed by atoms with Gasteiger partial charge in [0.15, 0.2) is 0 Å². The first-order valence-electron chi connectivity index (χ1n) is 4.76. The van der Waals surface area contributed by atoms with Crippen LogP contribution in [0.1, 0.15) is 33.3 Å². The number of rotatable bonds is 1. The van der Waals surface area contributed by atoms with Crippen LogP contribution in [0.3, 0.4) is 0 Å². The molecule has 0 saturated heterocycles. The summed E-state index contributed by atoms with van der Waals surface area (Å²) >= 11 is 0. The Labute approximate surface area is 82.0 Å². The van der Waals surface area contributed by atoms with Gasteiger partial charge in [-0.2, -0.15) is 0 Å². The van der Waals surface area contributed by atoms with E-state index in [0.717, 1.165) is 6.42 Å². The largest absolute Gasteiger partial charge is 0.326 e. The third kappa shape index (κ3) is 11.2. The second kappa shape index (κ2) is 5.76. The average molecular weight is 179 g/mol. The van der Waals surface area contributed by atoms with Crippen molar-refractivity contribution in [1.82, 2.24) is 0 Å². The van der Waals surface area contributed by atoms with E-state index in [1.165, 1.54) is 5.56 Å². The van der Waals surface area contributed by atoms with Gasteiger partial charge in [0, 0.05) is 5.54 Å². The molecule has 0 spiro atoms. The van der Waals surface area contributed by atoms with Crippen LogP contribution in [0.25, 0.3) is 0 Å². The Morgan fingerprint density at radius 1 is 1.08 bits per heavy atom. The monoisotopic (exact) mass is 179 g/mol. The second-order valence-corrected chi connectivity index (χ2v) is 4.21. The highest BCUT2D eigenvalue weighted by molar-refractivity contribution is 5.13. The predicted octanol–water partition coefficient (Wildman–Crippen LogP) is 2.99. The van der Waals surface area contributed by atoms with Crippen LogP contribution >= 0.6 is 0 Å². The minimum Gasteiger partial charge on any atom is -0.326 e. The van der Waals surface area contributed by atoms with E-state index in [4.69, 9.17) is 5.73 Å². The van der Waals surface area contributed by atoms with Crippen molar-refractivity contribution >= 4 is 0 Å². The summed E-state index contributed by atoms with van der Waals surface area (Å²) < 4.78 is 0. The van der Waals surface area contributed by atoms with Gasteiger partial charge in [0.2, 0.25) is 0 Å². The molecule has 0 saturated carbocycles. The van der Waals surface area contributed by atoms with Gasteiger partial charge in [-0.25, -0.2) is 0 Å². The van der Waals surface area contributed by atoms with Crippen LogP contribution in [0.15, 0.2) is 30.3 Å². The summed E-state index contributed by atoms with van der Waals surface area (Å²) in [6.07, 6.45) is 1.14. The normalized spacial score (nSPS) is 10.2. The molecule has 1 aromatic carbocycles. The van der Waals surface area contributed by atoms with Gasteiger partial charge in [-0.1, -0.05) is 37.3 Å². The van der Waals surface area contributed by atoms with Gasteiger partial charge in [-0.15, -0.1) is 0 Å². The highest BCUT2D eigenvalue weighted by Gasteiger charge is 1.95. The minimum absolute atomic E-state index is 0. The third-order valence-corrected chi connectivity index (χ3v) is 1.25. The lowest BCUT2D eigenvalue weighted by Crippen LogP contribution is -2.26. The Morgan fingerprint density at radius 2 is 1.46 bits per heavy atom. The van der Waals surface area contributed by atoms with Crippen LogP contribution in [0.2, 0.25) is 0 Å². The molecule has 1 heteroatoms. The summed E-state index contributed by atoms with van der Waals surface area (Å²) in [6, 6.07) is 10.5. The van der Waals surface area contributed by atoms with Crippen LogP contribution in [-0.2, 0) is 6.42 Å². The van der Waals surface area contributed by atoms with Crippen molar-refractivity contribution in [2.75, 3.05) is 0 Å². The molecule has 0 aromatic heterocycles. The van der Waals surface area contributed by atoms with Gasteiger partial charge in [0.25, 0.3) is 0 Å². The van der Waals surface area contributed by atoms with Crippen molar-refractivity contribution in [3.05, 3.63) is 35.9 Å². The van der Waals surface area contributed by atoms with Crippen molar-refractivity contribution in [3.63, 3.8) is 0 Å². The fraction of sp³-hybridized carbons (Fsp3) is 0.500. The minimum atomic E-state index is 0. The van der Waals surface area contributed by atoms with Gasteiger partial charge in [-0.05, 0) is 32.8 Å². The molecule has 0 aliphatic rings. The second-order valence-electron chi connectivity index (χ2n) is 4.21. The maximum absolute atomic E-state index is 5.35. The predicted molar refractivity (Wildman–Crippen MR) is 59.8 cm³/mol. The number of aryl methyl sites for hydroxylation is 1. The Hall–Kier alpha value is -0.820. The van der Waals surface area contributed by atoms with Crippen LogP contribution in [-0.4, -0.2) is 5.54 Å². The molecule has 0 heterocycles. The molecule has 0 aliphatic heterocycles. The van der Waals surface area contributed by atoms with E-state index in [2.05, 4.69) is 31.2 Å². The van der Waals surface area contributed by atoms with Crippen LogP contribution in [0.5, 0.6) is 0 Å². The van der Waals surface area contributed by atoms with Gasteiger partial charge in [0.05, 0.1) is 0 Å². The zero-order valence-corrected chi connectivity index (χ0v) is 9.17. The zero-order valence-electron chi connectivity index (χ0n) is 9.17. The molecule has 1 rings (SSSR count). The molecule has 0 unspecified atom stereocenters. The molecule has 0 aliphatic carbocycles. The summed E-state index contributed by atoms with van der Waals surface area (Å²) in [4.78, 5) is 0. The highest BCUT2D eigenvalue weighted by atomic mass is 14.7. The summed E-state index contributed by atoms with van der Waals surface area (Å²) in [5.74, 6) is 0. The van der Waals surface area contributed by atoms with Crippen LogP contribution in [0, 0.1) is 0 Å². The molecular weight excluding hydrogens is 158 g/mol. The average Bonchev–Trinajstić information content (AvgIpc) is 2.03. The molecule has 0 amide bonds. The molecule has 0 fully saturated rings. The molecule has 74 valence electrons. The zero-order chi connectivity index (χ0) is 10.3. The number of nitrogens with two attached hydrogens (primary N) is 1. The first-order chi connectivity index (χ1) is 5.93. The van der Waals surface area contributed by atoms with E-state index in [9.17, 15) is 0 Å². The molecule has 0 radical (unpaired) electrons. The van der Waals surface area contributed by atoms with Gasteiger partial charge in [0.1, 0.15) is 0 Å². The van der Waals surface area contributed by atoms with Crippen molar-refractivity contribution in [2.24, 2.45) is 5.73 Å². The van der Waals surface area contributed by atoms with Crippen molar-refractivity contribution < 1.29 is 0 Å². The third-order valence-electron chi connectivity index (χ3n) is 1.25. The quantitative estimate of drug-likeness (QED) is 0.704. The lowest BCUT2D eigenvalue weighted by molar-refractivity contribution is 0.580. The Balaban J connectivity index is 0.000000252.